The van der Waals surface area contributed by atoms with Crippen molar-refractivity contribution < 1.29 is 4.39 Å². The zero-order chi connectivity index (χ0) is 20.1. The summed E-state index contributed by atoms with van der Waals surface area (Å²) in [5.41, 5.74) is 3.81. The predicted octanol–water partition coefficient (Wildman–Crippen LogP) is 6.99. The third-order valence-electron chi connectivity index (χ3n) is 5.59. The Labute approximate surface area is 171 Å². The molecule has 0 bridgehead atoms. The van der Waals surface area contributed by atoms with Gasteiger partial charge in [0.1, 0.15) is 5.82 Å². The van der Waals surface area contributed by atoms with Gasteiger partial charge in [-0.1, -0.05) is 97.9 Å². The van der Waals surface area contributed by atoms with Gasteiger partial charge in [0.05, 0.1) is 5.54 Å². The summed E-state index contributed by atoms with van der Waals surface area (Å²) in [6, 6.07) is 37.9. The van der Waals surface area contributed by atoms with Crippen molar-refractivity contribution in [2.45, 2.75) is 18.4 Å². The Bertz CT molecular complexity index is 1030. The molecule has 144 valence electrons. The summed E-state index contributed by atoms with van der Waals surface area (Å²) in [5, 5.41) is 3.82. The van der Waals surface area contributed by atoms with Gasteiger partial charge in [-0.2, -0.15) is 0 Å². The van der Waals surface area contributed by atoms with Gasteiger partial charge in [0.2, 0.25) is 0 Å². The summed E-state index contributed by atoms with van der Waals surface area (Å²) >= 11 is 0. The molecule has 0 amide bonds. The summed E-state index contributed by atoms with van der Waals surface area (Å²) in [4.78, 5) is 0. The molecule has 0 aliphatic heterocycles. The van der Waals surface area contributed by atoms with Crippen LogP contribution in [-0.2, 0) is 5.54 Å². The first-order valence-electron chi connectivity index (χ1n) is 9.90. The Morgan fingerprint density at radius 1 is 0.621 bits per heavy atom. The molecule has 0 heterocycles. The van der Waals surface area contributed by atoms with Crippen molar-refractivity contribution in [2.75, 3.05) is 5.32 Å². The van der Waals surface area contributed by atoms with Crippen LogP contribution in [0.15, 0.2) is 115 Å². The minimum Gasteiger partial charge on any atom is -0.371 e. The molecule has 1 nitrogen and oxygen atoms in total. The summed E-state index contributed by atoms with van der Waals surface area (Å²) < 4.78 is 13.8. The molecule has 2 atom stereocenters. The number of nitrogens with one attached hydrogen (secondary N) is 1. The van der Waals surface area contributed by atoms with Crippen molar-refractivity contribution in [1.29, 1.82) is 0 Å². The standard InChI is InChI=1S/C27H24FN/c1-21(22-11-5-2-6-12-22)27(23-13-7-3-8-14-23,24-17-19-25(28)20-18-24)29-26-15-9-4-10-16-26/h2-21,29H,1H3. The van der Waals surface area contributed by atoms with Crippen LogP contribution in [0.3, 0.4) is 0 Å². The summed E-state index contributed by atoms with van der Waals surface area (Å²) in [6.07, 6.45) is 0. The van der Waals surface area contributed by atoms with Gasteiger partial charge in [-0.3, -0.25) is 0 Å². The highest BCUT2D eigenvalue weighted by Crippen LogP contribution is 2.45. The van der Waals surface area contributed by atoms with Crippen molar-refractivity contribution in [1.82, 2.24) is 0 Å². The quantitative estimate of drug-likeness (QED) is 0.380. The number of anilines is 1. The molecule has 0 aromatic heterocycles. The van der Waals surface area contributed by atoms with Gasteiger partial charge in [0.15, 0.2) is 0 Å². The number of benzene rings is 4. The van der Waals surface area contributed by atoms with E-state index >= 15 is 0 Å². The molecule has 0 fully saturated rings. The number of hydrogen-bond donors (Lipinski definition) is 1. The average Bonchev–Trinajstić information content (AvgIpc) is 2.79. The minimum absolute atomic E-state index is 0.0803. The highest BCUT2D eigenvalue weighted by molar-refractivity contribution is 5.56. The SMILES string of the molecule is CC(c1ccccc1)C(Nc1ccccc1)(c1ccccc1)c1ccc(F)cc1. The fourth-order valence-electron chi connectivity index (χ4n) is 4.07. The number of para-hydroxylation sites is 1. The van der Waals surface area contributed by atoms with Crippen LogP contribution in [0.2, 0.25) is 0 Å². The monoisotopic (exact) mass is 381 g/mol. The van der Waals surface area contributed by atoms with Crippen molar-refractivity contribution in [2.24, 2.45) is 0 Å². The molecular weight excluding hydrogens is 357 g/mol. The molecule has 1 N–H and O–H groups in total. The van der Waals surface area contributed by atoms with E-state index in [4.69, 9.17) is 0 Å². The molecule has 0 saturated carbocycles. The van der Waals surface area contributed by atoms with Crippen molar-refractivity contribution in [3.8, 4) is 0 Å². The van der Waals surface area contributed by atoms with Crippen LogP contribution in [0, 0.1) is 5.82 Å². The maximum absolute atomic E-state index is 13.8. The molecule has 0 radical (unpaired) electrons. The predicted molar refractivity (Wildman–Crippen MR) is 119 cm³/mol. The third kappa shape index (κ3) is 3.79. The van der Waals surface area contributed by atoms with Gasteiger partial charge < -0.3 is 5.32 Å². The number of hydrogen-bond acceptors (Lipinski definition) is 1. The Morgan fingerprint density at radius 2 is 1.10 bits per heavy atom. The van der Waals surface area contributed by atoms with Crippen LogP contribution >= 0.6 is 0 Å². The lowest BCUT2D eigenvalue weighted by Gasteiger charge is -2.42. The van der Waals surface area contributed by atoms with E-state index in [1.165, 1.54) is 17.7 Å². The zero-order valence-electron chi connectivity index (χ0n) is 16.4. The lowest BCUT2D eigenvalue weighted by atomic mass is 9.70. The maximum atomic E-state index is 13.8. The van der Waals surface area contributed by atoms with Crippen LogP contribution in [0.25, 0.3) is 0 Å². The van der Waals surface area contributed by atoms with Gasteiger partial charge >= 0.3 is 0 Å². The lowest BCUT2D eigenvalue weighted by Crippen LogP contribution is -2.41. The molecule has 2 heteroatoms. The second kappa shape index (κ2) is 8.32. The van der Waals surface area contributed by atoms with Crippen molar-refractivity contribution in [3.63, 3.8) is 0 Å². The van der Waals surface area contributed by atoms with E-state index in [2.05, 4.69) is 72.9 Å². The zero-order valence-corrected chi connectivity index (χ0v) is 16.4. The normalized spacial score (nSPS) is 14.0. The van der Waals surface area contributed by atoms with Crippen LogP contribution in [0.1, 0.15) is 29.5 Å². The molecule has 4 aromatic rings. The molecular formula is C27H24FN. The molecule has 0 saturated heterocycles. The fourth-order valence-corrected chi connectivity index (χ4v) is 4.07. The summed E-state index contributed by atoms with van der Waals surface area (Å²) in [5.74, 6) is -0.153. The van der Waals surface area contributed by atoms with Crippen LogP contribution in [-0.4, -0.2) is 0 Å². The highest BCUT2D eigenvalue weighted by atomic mass is 19.1. The van der Waals surface area contributed by atoms with Crippen LogP contribution in [0.5, 0.6) is 0 Å². The van der Waals surface area contributed by atoms with E-state index in [1.807, 2.05) is 42.5 Å². The Morgan fingerprint density at radius 3 is 1.69 bits per heavy atom. The van der Waals surface area contributed by atoms with Crippen LogP contribution in [0.4, 0.5) is 10.1 Å². The largest absolute Gasteiger partial charge is 0.371 e. The molecule has 4 aromatic carbocycles. The molecule has 4 rings (SSSR count). The summed E-state index contributed by atoms with van der Waals surface area (Å²) in [7, 11) is 0. The second-order valence-electron chi connectivity index (χ2n) is 7.30. The van der Waals surface area contributed by atoms with E-state index in [1.54, 1.807) is 0 Å². The Balaban J connectivity index is 1.97. The fraction of sp³-hybridized carbons (Fsp3) is 0.111. The lowest BCUT2D eigenvalue weighted by molar-refractivity contribution is 0.487. The van der Waals surface area contributed by atoms with E-state index < -0.39 is 5.54 Å². The number of halogens is 1. The minimum atomic E-state index is -0.572. The Hall–Kier alpha value is -3.39. The molecule has 29 heavy (non-hydrogen) atoms. The molecule has 0 spiro atoms. The smallest absolute Gasteiger partial charge is 0.123 e. The van der Waals surface area contributed by atoms with Gasteiger partial charge in [0, 0.05) is 11.6 Å². The van der Waals surface area contributed by atoms with Gasteiger partial charge in [-0.05, 0) is 41.0 Å². The van der Waals surface area contributed by atoms with Gasteiger partial charge in [0.25, 0.3) is 0 Å². The first kappa shape index (κ1) is 18.9. The van der Waals surface area contributed by atoms with E-state index in [9.17, 15) is 4.39 Å². The molecule has 2 unspecified atom stereocenters. The summed E-state index contributed by atoms with van der Waals surface area (Å²) in [6.45, 7) is 2.22. The van der Waals surface area contributed by atoms with E-state index in [0.717, 1.165) is 16.8 Å². The third-order valence-corrected chi connectivity index (χ3v) is 5.59. The van der Waals surface area contributed by atoms with Crippen molar-refractivity contribution in [3.05, 3.63) is 138 Å². The Kier molecular flexibility index (Phi) is 5.44. The average molecular weight is 381 g/mol. The highest BCUT2D eigenvalue weighted by Gasteiger charge is 2.40. The van der Waals surface area contributed by atoms with Crippen molar-refractivity contribution >= 4 is 5.69 Å². The van der Waals surface area contributed by atoms with Crippen LogP contribution < -0.4 is 5.32 Å². The topological polar surface area (TPSA) is 12.0 Å². The van der Waals surface area contributed by atoms with E-state index in [0.29, 0.717) is 0 Å². The number of rotatable bonds is 6. The first-order chi connectivity index (χ1) is 14.2. The second-order valence-corrected chi connectivity index (χ2v) is 7.30. The maximum Gasteiger partial charge on any atom is 0.123 e. The first-order valence-corrected chi connectivity index (χ1v) is 9.90. The molecule has 0 aliphatic rings. The van der Waals surface area contributed by atoms with E-state index in [-0.39, 0.29) is 11.7 Å². The molecule has 0 aliphatic carbocycles. The van der Waals surface area contributed by atoms with Gasteiger partial charge in [-0.25, -0.2) is 4.39 Å². The van der Waals surface area contributed by atoms with Gasteiger partial charge in [-0.15, -0.1) is 0 Å².